The highest BCUT2D eigenvalue weighted by Gasteiger charge is 2.11. The van der Waals surface area contributed by atoms with Crippen molar-refractivity contribution in [2.75, 3.05) is 0 Å². The molecule has 0 saturated carbocycles. The van der Waals surface area contributed by atoms with Crippen LogP contribution in [0.4, 0.5) is 4.39 Å². The van der Waals surface area contributed by atoms with Crippen LogP contribution >= 0.6 is 0 Å². The van der Waals surface area contributed by atoms with Gasteiger partial charge in [-0.15, -0.1) is 0 Å². The topological polar surface area (TPSA) is 20.2 Å². The highest BCUT2D eigenvalue weighted by atomic mass is 19.1. The molecule has 1 nitrogen and oxygen atoms in total. The Morgan fingerprint density at radius 3 is 2.15 bits per heavy atom. The van der Waals surface area contributed by atoms with E-state index in [9.17, 15) is 9.50 Å². The maximum atomic E-state index is 13.3. The van der Waals surface area contributed by atoms with E-state index in [4.69, 9.17) is 0 Å². The van der Waals surface area contributed by atoms with Crippen molar-refractivity contribution in [1.82, 2.24) is 0 Å². The number of aryl methyl sites for hydroxylation is 1. The molecule has 2 aromatic rings. The van der Waals surface area contributed by atoms with E-state index < -0.39 is 6.10 Å². The Kier molecular flexibility index (Phi) is 4.56. The summed E-state index contributed by atoms with van der Waals surface area (Å²) in [6, 6.07) is 12.7. The van der Waals surface area contributed by atoms with Crippen molar-refractivity contribution >= 4 is 0 Å². The van der Waals surface area contributed by atoms with Gasteiger partial charge in [-0.05, 0) is 47.6 Å². The molecule has 0 radical (unpaired) electrons. The molecule has 1 atom stereocenters. The minimum Gasteiger partial charge on any atom is -0.384 e. The molecule has 1 unspecified atom stereocenters. The summed E-state index contributed by atoms with van der Waals surface area (Å²) in [7, 11) is 0. The monoisotopic (exact) mass is 272 g/mol. The Morgan fingerprint density at radius 1 is 1.00 bits per heavy atom. The number of rotatable bonds is 4. The van der Waals surface area contributed by atoms with Crippen LogP contribution in [0, 0.1) is 18.7 Å². The van der Waals surface area contributed by atoms with Crippen LogP contribution in [-0.4, -0.2) is 5.11 Å². The molecule has 0 aromatic heterocycles. The summed E-state index contributed by atoms with van der Waals surface area (Å²) in [5, 5.41) is 10.4. The van der Waals surface area contributed by atoms with Gasteiger partial charge in [0, 0.05) is 0 Å². The summed E-state index contributed by atoms with van der Waals surface area (Å²) in [6.07, 6.45) is 0.328. The molecule has 0 heterocycles. The maximum absolute atomic E-state index is 13.3. The molecule has 20 heavy (non-hydrogen) atoms. The molecule has 1 N–H and O–H groups in total. The lowest BCUT2D eigenvalue weighted by molar-refractivity contribution is 0.220. The number of hydrogen-bond acceptors (Lipinski definition) is 1. The van der Waals surface area contributed by atoms with Crippen molar-refractivity contribution in [1.29, 1.82) is 0 Å². The van der Waals surface area contributed by atoms with Crippen LogP contribution in [-0.2, 0) is 6.42 Å². The van der Waals surface area contributed by atoms with Gasteiger partial charge in [0.05, 0.1) is 0 Å². The Balaban J connectivity index is 2.20. The standard InChI is InChI=1S/C18H21FO/c1-12(2)10-14-4-6-15(7-5-14)18(20)16-8-9-17(19)13(3)11-16/h4-9,11-12,18,20H,10H2,1-3H3. The maximum Gasteiger partial charge on any atom is 0.126 e. The number of hydrogen-bond donors (Lipinski definition) is 1. The smallest absolute Gasteiger partial charge is 0.126 e. The van der Waals surface area contributed by atoms with Crippen LogP contribution < -0.4 is 0 Å². The number of aliphatic hydroxyl groups is 1. The Hall–Kier alpha value is -1.67. The molecule has 2 heteroatoms. The van der Waals surface area contributed by atoms with Crippen molar-refractivity contribution < 1.29 is 9.50 Å². The summed E-state index contributed by atoms with van der Waals surface area (Å²) < 4.78 is 13.3. The van der Waals surface area contributed by atoms with Crippen LogP contribution in [0.2, 0.25) is 0 Å². The molecule has 0 spiro atoms. The lowest BCUT2D eigenvalue weighted by atomic mass is 9.97. The molecule has 0 bridgehead atoms. The number of aliphatic hydroxyl groups excluding tert-OH is 1. The van der Waals surface area contributed by atoms with Crippen LogP contribution in [0.15, 0.2) is 42.5 Å². The average molecular weight is 272 g/mol. The molecule has 0 aliphatic heterocycles. The fourth-order valence-electron chi connectivity index (χ4n) is 2.34. The van der Waals surface area contributed by atoms with Crippen molar-refractivity contribution in [3.8, 4) is 0 Å². The number of benzene rings is 2. The molecule has 0 fully saturated rings. The van der Waals surface area contributed by atoms with Gasteiger partial charge < -0.3 is 5.11 Å². The second kappa shape index (κ2) is 6.19. The number of halogens is 1. The molecule has 0 aliphatic carbocycles. The molecule has 2 aromatic carbocycles. The zero-order valence-electron chi connectivity index (χ0n) is 12.2. The van der Waals surface area contributed by atoms with E-state index in [1.54, 1.807) is 19.1 Å². The van der Waals surface area contributed by atoms with E-state index in [1.807, 2.05) is 12.1 Å². The van der Waals surface area contributed by atoms with E-state index in [-0.39, 0.29) is 5.82 Å². The predicted molar refractivity (Wildman–Crippen MR) is 80.2 cm³/mol. The Morgan fingerprint density at radius 2 is 1.60 bits per heavy atom. The van der Waals surface area contributed by atoms with Crippen molar-refractivity contribution in [3.63, 3.8) is 0 Å². The summed E-state index contributed by atoms with van der Waals surface area (Å²) >= 11 is 0. The normalized spacial score (nSPS) is 12.7. The average Bonchev–Trinajstić information content (AvgIpc) is 2.41. The predicted octanol–water partition coefficient (Wildman–Crippen LogP) is 4.41. The molecule has 0 amide bonds. The largest absolute Gasteiger partial charge is 0.384 e. The second-order valence-corrected chi connectivity index (χ2v) is 5.75. The fraction of sp³-hybridized carbons (Fsp3) is 0.333. The lowest BCUT2D eigenvalue weighted by Crippen LogP contribution is -2.01. The lowest BCUT2D eigenvalue weighted by Gasteiger charge is -2.13. The SMILES string of the molecule is Cc1cc(C(O)c2ccc(CC(C)C)cc2)ccc1F. The van der Waals surface area contributed by atoms with E-state index >= 15 is 0 Å². The first-order valence-electron chi connectivity index (χ1n) is 7.00. The summed E-state index contributed by atoms with van der Waals surface area (Å²) in [6.45, 7) is 6.07. The van der Waals surface area contributed by atoms with Crippen molar-refractivity contribution in [3.05, 3.63) is 70.5 Å². The third kappa shape index (κ3) is 3.45. The third-order valence-electron chi connectivity index (χ3n) is 3.44. The fourth-order valence-corrected chi connectivity index (χ4v) is 2.34. The van der Waals surface area contributed by atoms with Crippen LogP contribution in [0.5, 0.6) is 0 Å². The molecular weight excluding hydrogens is 251 g/mol. The molecular formula is C18H21FO. The first-order chi connectivity index (χ1) is 9.47. The molecule has 2 rings (SSSR count). The van der Waals surface area contributed by atoms with E-state index in [2.05, 4.69) is 26.0 Å². The second-order valence-electron chi connectivity index (χ2n) is 5.75. The van der Waals surface area contributed by atoms with Crippen molar-refractivity contribution in [2.45, 2.75) is 33.3 Å². The highest BCUT2D eigenvalue weighted by molar-refractivity contribution is 5.34. The Labute approximate surface area is 120 Å². The van der Waals surface area contributed by atoms with Gasteiger partial charge >= 0.3 is 0 Å². The van der Waals surface area contributed by atoms with Gasteiger partial charge in [-0.3, -0.25) is 0 Å². The zero-order valence-corrected chi connectivity index (χ0v) is 12.2. The summed E-state index contributed by atoms with van der Waals surface area (Å²) in [5.41, 5.74) is 3.38. The van der Waals surface area contributed by atoms with Gasteiger partial charge in [-0.1, -0.05) is 50.2 Å². The molecule has 106 valence electrons. The zero-order chi connectivity index (χ0) is 14.7. The van der Waals surface area contributed by atoms with Gasteiger partial charge in [0.1, 0.15) is 11.9 Å². The highest BCUT2D eigenvalue weighted by Crippen LogP contribution is 2.24. The summed E-state index contributed by atoms with van der Waals surface area (Å²) in [4.78, 5) is 0. The van der Waals surface area contributed by atoms with Crippen LogP contribution in [0.25, 0.3) is 0 Å². The van der Waals surface area contributed by atoms with E-state index in [1.165, 1.54) is 11.6 Å². The van der Waals surface area contributed by atoms with Gasteiger partial charge in [-0.25, -0.2) is 4.39 Å². The van der Waals surface area contributed by atoms with Crippen LogP contribution in [0.1, 0.15) is 42.2 Å². The first kappa shape index (κ1) is 14.7. The minimum absolute atomic E-state index is 0.242. The van der Waals surface area contributed by atoms with Gasteiger partial charge in [0.2, 0.25) is 0 Å². The third-order valence-corrected chi connectivity index (χ3v) is 3.44. The van der Waals surface area contributed by atoms with Gasteiger partial charge in [-0.2, -0.15) is 0 Å². The van der Waals surface area contributed by atoms with Gasteiger partial charge in [0.15, 0.2) is 0 Å². The molecule has 0 saturated heterocycles. The quantitative estimate of drug-likeness (QED) is 0.873. The minimum atomic E-state index is -0.706. The van der Waals surface area contributed by atoms with Gasteiger partial charge in [0.25, 0.3) is 0 Å². The summed E-state index contributed by atoms with van der Waals surface area (Å²) in [5.74, 6) is 0.374. The van der Waals surface area contributed by atoms with E-state index in [0.717, 1.165) is 17.5 Å². The van der Waals surface area contributed by atoms with Crippen LogP contribution in [0.3, 0.4) is 0 Å². The Bertz CT molecular complexity index is 572. The van der Waals surface area contributed by atoms with E-state index in [0.29, 0.717) is 11.5 Å². The van der Waals surface area contributed by atoms with Crippen molar-refractivity contribution in [2.24, 2.45) is 5.92 Å². The first-order valence-corrected chi connectivity index (χ1v) is 7.00. The molecule has 0 aliphatic rings.